The number of nitro groups is 2. The molecule has 0 aliphatic carbocycles. The molecule has 0 saturated carbocycles. The van der Waals surface area contributed by atoms with Gasteiger partial charge in [-0.3, -0.25) is 29.8 Å². The van der Waals surface area contributed by atoms with Gasteiger partial charge in [-0.2, -0.15) is 0 Å². The smallest absolute Gasteiger partial charge is 0.283 e. The first kappa shape index (κ1) is 46.2. The molecule has 3 atom stereocenters. The average molecular weight is 782 g/mol. The molecule has 3 rings (SSSR count). The molecule has 56 heavy (non-hydrogen) atoms. The van der Waals surface area contributed by atoms with E-state index in [-0.39, 0.29) is 17.2 Å². The zero-order valence-corrected chi connectivity index (χ0v) is 35.4. The molecule has 0 spiro atoms. The molecular formula is C44H67N3O9. The maximum atomic E-state index is 14.0. The van der Waals surface area contributed by atoms with Gasteiger partial charge in [0.25, 0.3) is 23.2 Å². The maximum absolute atomic E-state index is 14.0. The summed E-state index contributed by atoms with van der Waals surface area (Å²) >= 11 is 0. The summed E-state index contributed by atoms with van der Waals surface area (Å²) < 4.78 is 19.3. The molecule has 12 nitrogen and oxygen atoms in total. The lowest BCUT2D eigenvalue weighted by atomic mass is 9.97. The van der Waals surface area contributed by atoms with Gasteiger partial charge in [0.1, 0.15) is 11.1 Å². The van der Waals surface area contributed by atoms with E-state index in [9.17, 15) is 29.8 Å². The highest BCUT2D eigenvalue weighted by atomic mass is 16.6. The van der Waals surface area contributed by atoms with Crippen molar-refractivity contribution in [3.63, 3.8) is 0 Å². The lowest BCUT2D eigenvalue weighted by Gasteiger charge is -2.23. The Balaban J connectivity index is 2.03. The van der Waals surface area contributed by atoms with Gasteiger partial charge >= 0.3 is 0 Å². The lowest BCUT2D eigenvalue weighted by molar-refractivity contribution is -0.389. The van der Waals surface area contributed by atoms with E-state index in [2.05, 4.69) is 62.3 Å². The first-order chi connectivity index (χ1) is 26.5. The Morgan fingerprint density at radius 1 is 0.536 bits per heavy atom. The van der Waals surface area contributed by atoms with Crippen LogP contribution in [0.4, 0.5) is 17.1 Å². The van der Waals surface area contributed by atoms with E-state index in [1.807, 2.05) is 0 Å². The van der Waals surface area contributed by atoms with Crippen molar-refractivity contribution in [2.24, 2.45) is 35.5 Å². The summed E-state index contributed by atoms with van der Waals surface area (Å²) in [6, 6.07) is 4.79. The number of anilines is 1. The number of nitro benzene ring substituents is 2. The highest BCUT2D eigenvalue weighted by Gasteiger charge is 2.47. The highest BCUT2D eigenvalue weighted by molar-refractivity contribution is 6.37. The molecule has 0 N–H and O–H groups in total. The second-order valence-corrected chi connectivity index (χ2v) is 17.3. The Bertz CT molecular complexity index is 1520. The van der Waals surface area contributed by atoms with Crippen LogP contribution in [0, 0.1) is 55.7 Å². The third kappa shape index (κ3) is 13.8. The van der Waals surface area contributed by atoms with Crippen LogP contribution in [-0.4, -0.2) is 41.5 Å². The first-order valence-corrected chi connectivity index (χ1v) is 20.9. The van der Waals surface area contributed by atoms with Gasteiger partial charge in [0, 0.05) is 24.3 Å². The molecule has 1 aliphatic rings. The van der Waals surface area contributed by atoms with Gasteiger partial charge in [0.15, 0.2) is 11.5 Å². The molecule has 0 fully saturated rings. The second kappa shape index (κ2) is 22.5. The molecule has 12 heteroatoms. The minimum absolute atomic E-state index is 0.0224. The van der Waals surface area contributed by atoms with Crippen LogP contribution in [0.1, 0.15) is 160 Å². The predicted octanol–water partition coefficient (Wildman–Crippen LogP) is 12.0. The Kier molecular flexibility index (Phi) is 18.6. The molecular weight excluding hydrogens is 714 g/mol. The minimum Gasteiger partial charge on any atom is -0.489 e. The molecule has 2 aromatic carbocycles. The van der Waals surface area contributed by atoms with Crippen LogP contribution in [0.25, 0.3) is 0 Å². The van der Waals surface area contributed by atoms with Crippen molar-refractivity contribution in [1.82, 2.24) is 0 Å². The number of hydrogen-bond donors (Lipinski definition) is 0. The fourth-order valence-corrected chi connectivity index (χ4v) is 7.08. The van der Waals surface area contributed by atoms with Gasteiger partial charge in [0.05, 0.1) is 35.4 Å². The molecule has 0 aromatic heterocycles. The van der Waals surface area contributed by atoms with E-state index in [1.165, 1.54) is 18.6 Å². The molecule has 0 saturated heterocycles. The summed E-state index contributed by atoms with van der Waals surface area (Å²) in [6.45, 7) is 21.0. The quantitative estimate of drug-likeness (QED) is 0.0490. The van der Waals surface area contributed by atoms with Crippen LogP contribution in [-0.2, 0) is 0 Å². The van der Waals surface area contributed by atoms with Crippen molar-refractivity contribution < 1.29 is 33.6 Å². The average Bonchev–Trinajstić information content (AvgIpc) is 3.37. The SMILES string of the molecule is CC(C)CCC[C@H](C)CCOc1cc(N2C(=O)c3c([N+](=O)[O-])ccc([N+](=O)[O-])c3C2=O)cc(OCC[C@@H](C)CCCC(C)C)c1OCC[C@@H](C)CCCC(C)C. The van der Waals surface area contributed by atoms with Crippen LogP contribution in [0.5, 0.6) is 17.2 Å². The van der Waals surface area contributed by atoms with Crippen molar-refractivity contribution >= 4 is 28.9 Å². The number of ether oxygens (including phenoxy) is 3. The highest BCUT2D eigenvalue weighted by Crippen LogP contribution is 2.46. The van der Waals surface area contributed by atoms with E-state index >= 15 is 0 Å². The van der Waals surface area contributed by atoms with E-state index in [4.69, 9.17) is 14.2 Å². The molecule has 2 amide bonds. The number of carbonyl (C=O) groups is 2. The number of fused-ring (bicyclic) bond motifs is 1. The normalized spacial score (nSPS) is 14.4. The number of amides is 2. The molecule has 0 radical (unpaired) electrons. The van der Waals surface area contributed by atoms with E-state index in [0.717, 1.165) is 87.7 Å². The molecule has 0 unspecified atom stereocenters. The lowest BCUT2D eigenvalue weighted by Crippen LogP contribution is -2.29. The maximum Gasteiger partial charge on any atom is 0.283 e. The number of rotatable bonds is 27. The number of imide groups is 1. The number of nitrogens with zero attached hydrogens (tertiary/aromatic N) is 3. The van der Waals surface area contributed by atoms with Crippen LogP contribution < -0.4 is 19.1 Å². The molecule has 312 valence electrons. The van der Waals surface area contributed by atoms with Gasteiger partial charge in [0.2, 0.25) is 5.75 Å². The number of carbonyl (C=O) groups excluding carboxylic acids is 2. The molecule has 2 aromatic rings. The number of benzene rings is 2. The zero-order valence-electron chi connectivity index (χ0n) is 35.4. The summed E-state index contributed by atoms with van der Waals surface area (Å²) in [5.74, 6) is 1.94. The predicted molar refractivity (Wildman–Crippen MR) is 221 cm³/mol. The van der Waals surface area contributed by atoms with Gasteiger partial charge in [-0.25, -0.2) is 4.90 Å². The zero-order chi connectivity index (χ0) is 41.5. The van der Waals surface area contributed by atoms with Crippen molar-refractivity contribution in [2.75, 3.05) is 24.7 Å². The van der Waals surface area contributed by atoms with Crippen molar-refractivity contribution in [1.29, 1.82) is 0 Å². The third-order valence-electron chi connectivity index (χ3n) is 10.7. The third-order valence-corrected chi connectivity index (χ3v) is 10.7. The van der Waals surface area contributed by atoms with E-state index in [1.54, 1.807) is 0 Å². The van der Waals surface area contributed by atoms with E-state index < -0.39 is 44.2 Å². The second-order valence-electron chi connectivity index (χ2n) is 17.3. The van der Waals surface area contributed by atoms with Crippen molar-refractivity contribution in [3.05, 3.63) is 55.6 Å². The summed E-state index contributed by atoms with van der Waals surface area (Å²) in [7, 11) is 0. The van der Waals surface area contributed by atoms with Crippen LogP contribution in [0.2, 0.25) is 0 Å². The van der Waals surface area contributed by atoms with Gasteiger partial charge in [-0.15, -0.1) is 0 Å². The standard InChI is InChI=1S/C44H67N3O9/c1-29(2)13-10-16-32(7)21-24-54-38-27-35(45-43(48)40-36(46(50)51)19-20-37(47(52)53)41(40)44(45)49)28-39(55-25-22-33(8)17-11-14-30(3)4)42(38)56-26-23-34(9)18-12-15-31(5)6/h19-20,27-34H,10-18,21-26H2,1-9H3/t32-,33-,34-/m0/s1. The van der Waals surface area contributed by atoms with E-state index in [0.29, 0.717) is 61.1 Å². The summed E-state index contributed by atoms with van der Waals surface area (Å²) in [5.41, 5.74) is -2.57. The largest absolute Gasteiger partial charge is 0.489 e. The fourth-order valence-electron chi connectivity index (χ4n) is 7.08. The summed E-state index contributed by atoms with van der Waals surface area (Å²) in [6.07, 6.45) is 12.3. The molecule has 1 aliphatic heterocycles. The minimum atomic E-state index is -1.03. The van der Waals surface area contributed by atoms with Crippen molar-refractivity contribution in [2.45, 2.75) is 139 Å². The van der Waals surface area contributed by atoms with Crippen LogP contribution in [0.15, 0.2) is 24.3 Å². The Morgan fingerprint density at radius 3 is 1.20 bits per heavy atom. The fraction of sp³-hybridized carbons (Fsp3) is 0.682. The summed E-state index contributed by atoms with van der Waals surface area (Å²) in [5, 5.41) is 23.9. The van der Waals surface area contributed by atoms with Gasteiger partial charge in [-0.05, 0) is 54.8 Å². The van der Waals surface area contributed by atoms with Crippen molar-refractivity contribution in [3.8, 4) is 17.2 Å². The Labute approximate surface area is 334 Å². The Morgan fingerprint density at radius 2 is 0.875 bits per heavy atom. The number of hydrogen-bond acceptors (Lipinski definition) is 9. The topological polar surface area (TPSA) is 151 Å². The summed E-state index contributed by atoms with van der Waals surface area (Å²) in [4.78, 5) is 51.0. The van der Waals surface area contributed by atoms with Crippen LogP contribution >= 0.6 is 0 Å². The molecule has 0 bridgehead atoms. The molecule has 1 heterocycles. The van der Waals surface area contributed by atoms with Crippen LogP contribution in [0.3, 0.4) is 0 Å². The monoisotopic (exact) mass is 781 g/mol. The van der Waals surface area contributed by atoms with Gasteiger partial charge < -0.3 is 14.2 Å². The first-order valence-electron chi connectivity index (χ1n) is 20.9. The Hall–Kier alpha value is -4.22. The van der Waals surface area contributed by atoms with Gasteiger partial charge in [-0.1, -0.05) is 120 Å².